The van der Waals surface area contributed by atoms with Crippen molar-refractivity contribution in [2.75, 3.05) is 12.3 Å². The van der Waals surface area contributed by atoms with Crippen LogP contribution >= 0.6 is 15.9 Å². The molecule has 0 fully saturated rings. The van der Waals surface area contributed by atoms with Crippen LogP contribution in [-0.4, -0.2) is 11.5 Å². The van der Waals surface area contributed by atoms with Crippen molar-refractivity contribution in [1.82, 2.24) is 10.3 Å². The maximum absolute atomic E-state index is 14.1. The summed E-state index contributed by atoms with van der Waals surface area (Å²) >= 11 is 3.26. The molecule has 0 aliphatic heterocycles. The SMILES string of the molecule is CCNC(c1ccc(Br)cc1F)c1cccnc1N. The lowest BCUT2D eigenvalue weighted by atomic mass is 9.98. The van der Waals surface area contributed by atoms with Crippen LogP contribution in [0.4, 0.5) is 10.2 Å². The summed E-state index contributed by atoms with van der Waals surface area (Å²) in [5, 5.41) is 3.24. The molecule has 1 unspecified atom stereocenters. The quantitative estimate of drug-likeness (QED) is 0.908. The number of nitrogen functional groups attached to an aromatic ring is 1. The van der Waals surface area contributed by atoms with Gasteiger partial charge >= 0.3 is 0 Å². The first-order valence-corrected chi connectivity index (χ1v) is 6.81. The number of pyridine rings is 1. The molecular formula is C14H15BrFN3. The van der Waals surface area contributed by atoms with E-state index in [4.69, 9.17) is 5.73 Å². The Labute approximate surface area is 120 Å². The zero-order valence-electron chi connectivity index (χ0n) is 10.5. The van der Waals surface area contributed by atoms with Crippen LogP contribution in [0.5, 0.6) is 0 Å². The molecule has 3 N–H and O–H groups in total. The Morgan fingerprint density at radius 2 is 2.16 bits per heavy atom. The molecule has 2 rings (SSSR count). The number of hydrogen-bond donors (Lipinski definition) is 2. The van der Waals surface area contributed by atoms with Gasteiger partial charge in [-0.3, -0.25) is 0 Å². The van der Waals surface area contributed by atoms with Crippen LogP contribution in [0.3, 0.4) is 0 Å². The Kier molecular flexibility index (Phi) is 4.50. The van der Waals surface area contributed by atoms with Gasteiger partial charge in [0.15, 0.2) is 0 Å². The molecule has 0 bridgehead atoms. The molecule has 0 aliphatic carbocycles. The molecule has 0 spiro atoms. The topological polar surface area (TPSA) is 50.9 Å². The number of hydrogen-bond acceptors (Lipinski definition) is 3. The molecule has 1 atom stereocenters. The van der Waals surface area contributed by atoms with Crippen molar-refractivity contribution in [2.45, 2.75) is 13.0 Å². The van der Waals surface area contributed by atoms with Crippen molar-refractivity contribution < 1.29 is 4.39 Å². The molecule has 1 aromatic heterocycles. The van der Waals surface area contributed by atoms with Gasteiger partial charge in [0.2, 0.25) is 0 Å². The zero-order valence-corrected chi connectivity index (χ0v) is 12.1. The van der Waals surface area contributed by atoms with Crippen LogP contribution in [0.1, 0.15) is 24.1 Å². The molecule has 100 valence electrons. The molecule has 0 radical (unpaired) electrons. The van der Waals surface area contributed by atoms with Gasteiger partial charge in [-0.05, 0) is 24.7 Å². The monoisotopic (exact) mass is 323 g/mol. The molecule has 0 amide bonds. The Morgan fingerprint density at radius 3 is 2.79 bits per heavy atom. The molecule has 19 heavy (non-hydrogen) atoms. The van der Waals surface area contributed by atoms with Crippen LogP contribution in [0.15, 0.2) is 41.0 Å². The van der Waals surface area contributed by atoms with Gasteiger partial charge in [-0.15, -0.1) is 0 Å². The third-order valence-corrected chi connectivity index (χ3v) is 3.36. The summed E-state index contributed by atoms with van der Waals surface area (Å²) in [6, 6.07) is 8.37. The van der Waals surface area contributed by atoms with Gasteiger partial charge in [0.1, 0.15) is 11.6 Å². The van der Waals surface area contributed by atoms with Crippen molar-refractivity contribution >= 4 is 21.7 Å². The minimum absolute atomic E-state index is 0.274. The Bertz CT molecular complexity index is 574. The van der Waals surface area contributed by atoms with E-state index < -0.39 is 0 Å². The first-order chi connectivity index (χ1) is 9.13. The largest absolute Gasteiger partial charge is 0.383 e. The fraction of sp³-hybridized carbons (Fsp3) is 0.214. The average molecular weight is 324 g/mol. The van der Waals surface area contributed by atoms with E-state index in [2.05, 4.69) is 26.2 Å². The maximum atomic E-state index is 14.1. The van der Waals surface area contributed by atoms with E-state index in [1.54, 1.807) is 18.3 Å². The van der Waals surface area contributed by atoms with Crippen molar-refractivity contribution in [2.24, 2.45) is 0 Å². The lowest BCUT2D eigenvalue weighted by molar-refractivity contribution is 0.558. The predicted molar refractivity (Wildman–Crippen MR) is 78.3 cm³/mol. The summed E-state index contributed by atoms with van der Waals surface area (Å²) < 4.78 is 14.8. The number of benzene rings is 1. The molecule has 1 heterocycles. The molecule has 2 aromatic rings. The smallest absolute Gasteiger partial charge is 0.129 e. The Morgan fingerprint density at radius 1 is 1.37 bits per heavy atom. The van der Waals surface area contributed by atoms with Gasteiger partial charge in [0, 0.05) is 21.8 Å². The predicted octanol–water partition coefficient (Wildman–Crippen LogP) is 3.26. The Balaban J connectivity index is 2.48. The van der Waals surface area contributed by atoms with E-state index in [9.17, 15) is 4.39 Å². The highest BCUT2D eigenvalue weighted by Crippen LogP contribution is 2.28. The summed E-state index contributed by atoms with van der Waals surface area (Å²) in [6.45, 7) is 2.67. The average Bonchev–Trinajstić information content (AvgIpc) is 2.38. The normalized spacial score (nSPS) is 12.4. The number of halogens is 2. The van der Waals surface area contributed by atoms with Gasteiger partial charge in [-0.1, -0.05) is 35.0 Å². The second-order valence-electron chi connectivity index (χ2n) is 4.13. The molecule has 5 heteroatoms. The van der Waals surface area contributed by atoms with Crippen molar-refractivity contribution in [3.05, 3.63) is 57.9 Å². The molecule has 0 saturated heterocycles. The highest BCUT2D eigenvalue weighted by atomic mass is 79.9. The number of rotatable bonds is 4. The summed E-state index contributed by atoms with van der Waals surface area (Å²) in [5.41, 5.74) is 7.23. The van der Waals surface area contributed by atoms with Crippen molar-refractivity contribution in [3.63, 3.8) is 0 Å². The number of aromatic nitrogens is 1. The van der Waals surface area contributed by atoms with Gasteiger partial charge in [0.05, 0.1) is 6.04 Å². The summed E-state index contributed by atoms with van der Waals surface area (Å²) in [5.74, 6) is 0.138. The van der Waals surface area contributed by atoms with Crippen LogP contribution in [0.2, 0.25) is 0 Å². The standard InChI is InChI=1S/C14H15BrFN3/c1-2-18-13(11-4-3-7-19-14(11)17)10-6-5-9(15)8-12(10)16/h3-8,13,18H,2H2,1H3,(H2,17,19). The second kappa shape index (κ2) is 6.12. The number of nitrogens with one attached hydrogen (secondary N) is 1. The van der Waals surface area contributed by atoms with E-state index in [1.165, 1.54) is 6.07 Å². The van der Waals surface area contributed by atoms with E-state index in [1.807, 2.05) is 19.1 Å². The molecular weight excluding hydrogens is 309 g/mol. The van der Waals surface area contributed by atoms with Gasteiger partial charge in [-0.25, -0.2) is 9.37 Å². The lowest BCUT2D eigenvalue weighted by Crippen LogP contribution is -2.24. The first-order valence-electron chi connectivity index (χ1n) is 6.02. The molecule has 0 aliphatic rings. The summed E-state index contributed by atoms with van der Waals surface area (Å²) in [4.78, 5) is 4.06. The first kappa shape index (κ1) is 14.0. The minimum atomic E-state index is -0.299. The number of nitrogens with zero attached hydrogens (tertiary/aromatic N) is 1. The van der Waals surface area contributed by atoms with Crippen molar-refractivity contribution in [3.8, 4) is 0 Å². The Hall–Kier alpha value is -1.46. The van der Waals surface area contributed by atoms with Gasteiger partial charge in [0.25, 0.3) is 0 Å². The zero-order chi connectivity index (χ0) is 13.8. The highest BCUT2D eigenvalue weighted by Gasteiger charge is 2.19. The second-order valence-corrected chi connectivity index (χ2v) is 5.05. The van der Waals surface area contributed by atoms with Crippen LogP contribution in [-0.2, 0) is 0 Å². The third-order valence-electron chi connectivity index (χ3n) is 2.86. The summed E-state index contributed by atoms with van der Waals surface area (Å²) in [7, 11) is 0. The molecule has 3 nitrogen and oxygen atoms in total. The van der Waals surface area contributed by atoms with Crippen LogP contribution in [0, 0.1) is 5.82 Å². The highest BCUT2D eigenvalue weighted by molar-refractivity contribution is 9.10. The molecule has 1 aromatic carbocycles. The van der Waals surface area contributed by atoms with E-state index in [0.29, 0.717) is 22.4 Å². The van der Waals surface area contributed by atoms with E-state index in [0.717, 1.165) is 5.56 Å². The minimum Gasteiger partial charge on any atom is -0.383 e. The van der Waals surface area contributed by atoms with Crippen LogP contribution < -0.4 is 11.1 Å². The van der Waals surface area contributed by atoms with E-state index >= 15 is 0 Å². The fourth-order valence-corrected chi connectivity index (χ4v) is 2.33. The number of nitrogens with two attached hydrogens (primary N) is 1. The fourth-order valence-electron chi connectivity index (χ4n) is 2.00. The van der Waals surface area contributed by atoms with E-state index in [-0.39, 0.29) is 11.9 Å². The lowest BCUT2D eigenvalue weighted by Gasteiger charge is -2.20. The number of anilines is 1. The molecule has 0 saturated carbocycles. The van der Waals surface area contributed by atoms with Crippen molar-refractivity contribution in [1.29, 1.82) is 0 Å². The maximum Gasteiger partial charge on any atom is 0.129 e. The van der Waals surface area contributed by atoms with Gasteiger partial charge < -0.3 is 11.1 Å². The van der Waals surface area contributed by atoms with Crippen LogP contribution in [0.25, 0.3) is 0 Å². The summed E-state index contributed by atoms with van der Waals surface area (Å²) in [6.07, 6.45) is 1.62. The van der Waals surface area contributed by atoms with Gasteiger partial charge in [-0.2, -0.15) is 0 Å². The third kappa shape index (κ3) is 3.11.